The second-order valence-electron chi connectivity index (χ2n) is 4.43. The van der Waals surface area contributed by atoms with Gasteiger partial charge in [-0.15, -0.1) is 0 Å². The van der Waals surface area contributed by atoms with Crippen molar-refractivity contribution < 1.29 is 18.3 Å². The van der Waals surface area contributed by atoms with Crippen molar-refractivity contribution in [1.29, 1.82) is 0 Å². The van der Waals surface area contributed by atoms with Gasteiger partial charge in [0.2, 0.25) is 10.0 Å². The summed E-state index contributed by atoms with van der Waals surface area (Å²) in [5, 5.41) is 8.95. The second kappa shape index (κ2) is 5.95. The molecule has 1 heterocycles. The van der Waals surface area contributed by atoms with Gasteiger partial charge in [-0.25, -0.2) is 12.7 Å². The Morgan fingerprint density at radius 3 is 2.69 bits per heavy atom. The van der Waals surface area contributed by atoms with E-state index in [2.05, 4.69) is 0 Å². The predicted molar refractivity (Wildman–Crippen MR) is 61.6 cm³/mol. The smallest absolute Gasteiger partial charge is 0.216 e. The van der Waals surface area contributed by atoms with Gasteiger partial charge < -0.3 is 9.84 Å². The van der Waals surface area contributed by atoms with Crippen LogP contribution < -0.4 is 0 Å². The standard InChI is InChI=1S/C10H21NO4S/c1-9(2)15-5-6-16(13,14)11-4-3-10(7-11)8-12/h9-10,12H,3-8H2,1-2H3. The van der Waals surface area contributed by atoms with E-state index in [0.717, 1.165) is 6.42 Å². The number of hydrogen-bond donors (Lipinski definition) is 1. The number of aliphatic hydroxyl groups is 1. The summed E-state index contributed by atoms with van der Waals surface area (Å²) in [4.78, 5) is 0. The first-order valence-corrected chi connectivity index (χ1v) is 7.27. The molecular formula is C10H21NO4S. The van der Waals surface area contributed by atoms with Crippen molar-refractivity contribution in [1.82, 2.24) is 4.31 Å². The molecule has 1 fully saturated rings. The molecule has 6 heteroatoms. The Kier molecular flexibility index (Phi) is 5.17. The first-order chi connectivity index (χ1) is 7.45. The Balaban J connectivity index is 2.39. The molecule has 0 aromatic heterocycles. The Morgan fingerprint density at radius 2 is 2.19 bits per heavy atom. The van der Waals surface area contributed by atoms with Crippen LogP contribution in [0.2, 0.25) is 0 Å². The van der Waals surface area contributed by atoms with Crippen LogP contribution in [0.5, 0.6) is 0 Å². The van der Waals surface area contributed by atoms with Crippen LogP contribution in [0.4, 0.5) is 0 Å². The molecule has 96 valence electrons. The van der Waals surface area contributed by atoms with Crippen molar-refractivity contribution in [3.63, 3.8) is 0 Å². The highest BCUT2D eigenvalue weighted by Gasteiger charge is 2.30. The summed E-state index contributed by atoms with van der Waals surface area (Å²) in [6.07, 6.45) is 0.805. The highest BCUT2D eigenvalue weighted by molar-refractivity contribution is 7.89. The number of sulfonamides is 1. The summed E-state index contributed by atoms with van der Waals surface area (Å²) in [7, 11) is -3.20. The summed E-state index contributed by atoms with van der Waals surface area (Å²) in [5.41, 5.74) is 0. The molecule has 0 aromatic rings. The van der Waals surface area contributed by atoms with Gasteiger partial charge in [0.1, 0.15) is 0 Å². The Bertz CT molecular complexity index is 302. The molecule has 1 saturated heterocycles. The fourth-order valence-electron chi connectivity index (χ4n) is 1.72. The fraction of sp³-hybridized carbons (Fsp3) is 1.00. The molecule has 16 heavy (non-hydrogen) atoms. The van der Waals surface area contributed by atoms with E-state index in [1.807, 2.05) is 13.8 Å². The Labute approximate surface area is 97.4 Å². The lowest BCUT2D eigenvalue weighted by atomic mass is 10.1. The molecule has 1 aliphatic heterocycles. The van der Waals surface area contributed by atoms with Gasteiger partial charge in [-0.3, -0.25) is 0 Å². The third-order valence-corrected chi connectivity index (χ3v) is 4.49. The maximum Gasteiger partial charge on any atom is 0.216 e. The van der Waals surface area contributed by atoms with Gasteiger partial charge in [0, 0.05) is 19.7 Å². The molecule has 0 bridgehead atoms. The maximum absolute atomic E-state index is 11.8. The molecule has 1 N–H and O–H groups in total. The minimum atomic E-state index is -3.20. The third-order valence-electron chi connectivity index (χ3n) is 2.69. The van der Waals surface area contributed by atoms with E-state index in [4.69, 9.17) is 9.84 Å². The van der Waals surface area contributed by atoms with Gasteiger partial charge in [0.05, 0.1) is 18.5 Å². The molecule has 1 rings (SSSR count). The maximum atomic E-state index is 11.8. The average Bonchev–Trinajstić information content (AvgIpc) is 2.65. The minimum absolute atomic E-state index is 0.0311. The van der Waals surface area contributed by atoms with Crippen LogP contribution in [-0.4, -0.2) is 56.0 Å². The summed E-state index contributed by atoms with van der Waals surface area (Å²) < 4.78 is 30.4. The topological polar surface area (TPSA) is 66.8 Å². The van der Waals surface area contributed by atoms with Crippen molar-refractivity contribution in [3.05, 3.63) is 0 Å². The van der Waals surface area contributed by atoms with Gasteiger partial charge in [0.15, 0.2) is 0 Å². The molecule has 0 radical (unpaired) electrons. The third kappa shape index (κ3) is 4.01. The molecule has 0 amide bonds. The molecule has 1 atom stereocenters. The van der Waals surface area contributed by atoms with E-state index in [9.17, 15) is 8.42 Å². The number of hydrogen-bond acceptors (Lipinski definition) is 4. The van der Waals surface area contributed by atoms with E-state index >= 15 is 0 Å². The summed E-state index contributed by atoms with van der Waals surface area (Å²) in [5.74, 6) is 0.129. The predicted octanol–water partition coefficient (Wildman–Crippen LogP) is 0.0554. The van der Waals surface area contributed by atoms with Gasteiger partial charge >= 0.3 is 0 Å². The van der Waals surface area contributed by atoms with Crippen LogP contribution in [0.1, 0.15) is 20.3 Å². The summed E-state index contributed by atoms with van der Waals surface area (Å²) >= 11 is 0. The van der Waals surface area contributed by atoms with Crippen molar-refractivity contribution >= 4 is 10.0 Å². The van der Waals surface area contributed by atoms with Crippen molar-refractivity contribution in [2.45, 2.75) is 26.4 Å². The highest BCUT2D eigenvalue weighted by atomic mass is 32.2. The first kappa shape index (κ1) is 13.9. The van der Waals surface area contributed by atoms with Gasteiger partial charge in [0.25, 0.3) is 0 Å². The molecule has 0 saturated carbocycles. The SMILES string of the molecule is CC(C)OCCS(=O)(=O)N1CCC(CO)C1. The van der Waals surface area contributed by atoms with E-state index in [1.165, 1.54) is 4.31 Å². The number of aliphatic hydroxyl groups excluding tert-OH is 1. The van der Waals surface area contributed by atoms with Crippen molar-refractivity contribution in [2.24, 2.45) is 5.92 Å². The van der Waals surface area contributed by atoms with Crippen LogP contribution in [0.25, 0.3) is 0 Å². The summed E-state index contributed by atoms with van der Waals surface area (Å²) in [6, 6.07) is 0. The molecule has 1 unspecified atom stereocenters. The van der Waals surface area contributed by atoms with Crippen LogP contribution in [0.15, 0.2) is 0 Å². The molecule has 0 aromatic carbocycles. The minimum Gasteiger partial charge on any atom is -0.396 e. The van der Waals surface area contributed by atoms with Gasteiger partial charge in [-0.05, 0) is 26.2 Å². The monoisotopic (exact) mass is 251 g/mol. The van der Waals surface area contributed by atoms with Crippen LogP contribution >= 0.6 is 0 Å². The number of ether oxygens (including phenoxy) is 1. The van der Waals surface area contributed by atoms with E-state index in [0.29, 0.717) is 13.1 Å². The number of rotatable bonds is 6. The molecule has 1 aliphatic rings. The van der Waals surface area contributed by atoms with E-state index in [1.54, 1.807) is 0 Å². The average molecular weight is 251 g/mol. The van der Waals surface area contributed by atoms with Gasteiger partial charge in [-0.2, -0.15) is 0 Å². The second-order valence-corrected chi connectivity index (χ2v) is 6.52. The Morgan fingerprint density at radius 1 is 1.50 bits per heavy atom. The molecule has 0 spiro atoms. The van der Waals surface area contributed by atoms with Crippen LogP contribution in [0.3, 0.4) is 0 Å². The highest BCUT2D eigenvalue weighted by Crippen LogP contribution is 2.18. The van der Waals surface area contributed by atoms with E-state index in [-0.39, 0.29) is 31.0 Å². The normalized spacial score (nSPS) is 23.1. The largest absolute Gasteiger partial charge is 0.396 e. The van der Waals surface area contributed by atoms with E-state index < -0.39 is 10.0 Å². The first-order valence-electron chi connectivity index (χ1n) is 5.66. The molecule has 5 nitrogen and oxygen atoms in total. The van der Waals surface area contributed by atoms with Crippen molar-refractivity contribution in [2.75, 3.05) is 32.1 Å². The number of nitrogens with zero attached hydrogens (tertiary/aromatic N) is 1. The molecular weight excluding hydrogens is 230 g/mol. The summed E-state index contributed by atoms with van der Waals surface area (Å²) in [6.45, 7) is 5.03. The van der Waals surface area contributed by atoms with Crippen LogP contribution in [0, 0.1) is 5.92 Å². The quantitative estimate of drug-likeness (QED) is 0.724. The lowest BCUT2D eigenvalue weighted by Crippen LogP contribution is -2.33. The van der Waals surface area contributed by atoms with Crippen LogP contribution in [-0.2, 0) is 14.8 Å². The lowest BCUT2D eigenvalue weighted by Gasteiger charge is -2.16. The van der Waals surface area contributed by atoms with Crippen molar-refractivity contribution in [3.8, 4) is 0 Å². The molecule has 0 aliphatic carbocycles. The fourth-order valence-corrected chi connectivity index (χ4v) is 3.10. The zero-order valence-electron chi connectivity index (χ0n) is 9.92. The zero-order chi connectivity index (χ0) is 12.2. The lowest BCUT2D eigenvalue weighted by molar-refractivity contribution is 0.0907. The zero-order valence-corrected chi connectivity index (χ0v) is 10.7. The Hall–Kier alpha value is -0.170. The van der Waals surface area contributed by atoms with Gasteiger partial charge in [-0.1, -0.05) is 0 Å².